The Morgan fingerprint density at radius 1 is 0.481 bits per heavy atom. The van der Waals surface area contributed by atoms with Crippen LogP contribution >= 0.6 is 0 Å². The third-order valence-electron chi connectivity index (χ3n) is 9.71. The van der Waals surface area contributed by atoms with Crippen molar-refractivity contribution < 1.29 is 23.8 Å². The summed E-state index contributed by atoms with van der Waals surface area (Å²) >= 11 is 0. The van der Waals surface area contributed by atoms with E-state index < -0.39 is 5.97 Å². The first-order valence-electron chi connectivity index (χ1n) is 21.2. The molecule has 1 N–H and O–H groups in total. The van der Waals surface area contributed by atoms with Crippen molar-refractivity contribution in [3.8, 4) is 17.2 Å². The van der Waals surface area contributed by atoms with Crippen LogP contribution in [0.3, 0.4) is 0 Å². The molecule has 7 nitrogen and oxygen atoms in total. The molecule has 0 fully saturated rings. The van der Waals surface area contributed by atoms with Gasteiger partial charge < -0.3 is 14.2 Å². The number of rotatable bonds is 31. The van der Waals surface area contributed by atoms with Crippen molar-refractivity contribution in [2.75, 3.05) is 13.2 Å². The van der Waals surface area contributed by atoms with E-state index in [0.29, 0.717) is 30.1 Å². The fraction of sp³-hybridized carbons (Fsp3) is 0.553. The van der Waals surface area contributed by atoms with E-state index in [9.17, 15) is 9.59 Å². The van der Waals surface area contributed by atoms with Crippen molar-refractivity contribution >= 4 is 18.1 Å². The Bertz CT molecular complexity index is 1420. The molecule has 0 aliphatic rings. The minimum atomic E-state index is -0.439. The second-order valence-corrected chi connectivity index (χ2v) is 14.5. The normalized spacial score (nSPS) is 11.1. The standard InChI is InChI=1S/C47H68N2O5/c1-3-5-7-9-11-13-15-16-18-20-22-23-37-52-43-33-27-41(28-34-43)46(50)49-48-39-40-25-31-45(32-26-40)54-47(51)42-29-35-44(36-30-42)53-38-24-21-19-17-14-12-10-8-6-4-2/h25-36,39H,3-24,37-38H2,1-2H3,(H,49,50)/b48-39+. The third kappa shape index (κ3) is 20.4. The van der Waals surface area contributed by atoms with Crippen LogP contribution in [0.25, 0.3) is 0 Å². The maximum absolute atomic E-state index is 12.7. The molecule has 3 aromatic carbocycles. The van der Waals surface area contributed by atoms with Crippen molar-refractivity contribution in [2.45, 2.75) is 155 Å². The van der Waals surface area contributed by atoms with Gasteiger partial charge in [-0.1, -0.05) is 142 Å². The van der Waals surface area contributed by atoms with E-state index >= 15 is 0 Å². The van der Waals surface area contributed by atoms with Gasteiger partial charge in [0.1, 0.15) is 17.2 Å². The molecule has 0 heterocycles. The van der Waals surface area contributed by atoms with E-state index in [1.165, 1.54) is 128 Å². The number of hydrogen-bond donors (Lipinski definition) is 1. The number of unbranched alkanes of at least 4 members (excludes halogenated alkanes) is 20. The van der Waals surface area contributed by atoms with E-state index in [1.54, 1.807) is 54.7 Å². The van der Waals surface area contributed by atoms with Crippen molar-refractivity contribution in [3.63, 3.8) is 0 Å². The van der Waals surface area contributed by atoms with Crippen LogP contribution in [-0.2, 0) is 0 Å². The predicted octanol–water partition coefficient (Wildman–Crippen LogP) is 13.0. The SMILES string of the molecule is CCCCCCCCCCCCCCOc1ccc(C(=O)N/N=C/c2ccc(OC(=O)c3ccc(OCCCCCCCCCCCC)cc3)cc2)cc1. The maximum Gasteiger partial charge on any atom is 0.343 e. The van der Waals surface area contributed by atoms with E-state index in [4.69, 9.17) is 14.2 Å². The van der Waals surface area contributed by atoms with Crippen LogP contribution in [0.15, 0.2) is 77.9 Å². The Balaban J connectivity index is 1.24. The fourth-order valence-electron chi connectivity index (χ4n) is 6.32. The molecule has 0 saturated heterocycles. The van der Waals surface area contributed by atoms with Crippen LogP contribution < -0.4 is 19.6 Å². The number of esters is 1. The summed E-state index contributed by atoms with van der Waals surface area (Å²) in [6.45, 7) is 5.89. The Morgan fingerprint density at radius 2 is 0.852 bits per heavy atom. The Hall–Kier alpha value is -4.13. The summed E-state index contributed by atoms with van der Waals surface area (Å²) in [5, 5.41) is 4.08. The smallest absolute Gasteiger partial charge is 0.343 e. The molecule has 0 bridgehead atoms. The lowest BCUT2D eigenvalue weighted by molar-refractivity contribution is 0.0734. The minimum absolute atomic E-state index is 0.306. The molecule has 3 rings (SSSR count). The highest BCUT2D eigenvalue weighted by atomic mass is 16.5. The summed E-state index contributed by atoms with van der Waals surface area (Å²) in [5.74, 6) is 1.19. The number of carbonyl (C=O) groups excluding carboxylic acids is 2. The third-order valence-corrected chi connectivity index (χ3v) is 9.71. The summed E-state index contributed by atoms with van der Waals surface area (Å²) in [6, 6.07) is 21.1. The quantitative estimate of drug-likeness (QED) is 0.0233. The summed E-state index contributed by atoms with van der Waals surface area (Å²) in [7, 11) is 0. The number of carbonyl (C=O) groups is 2. The number of ether oxygens (including phenoxy) is 3. The van der Waals surface area contributed by atoms with Gasteiger partial charge in [-0.25, -0.2) is 10.2 Å². The zero-order chi connectivity index (χ0) is 38.3. The molecule has 0 aliphatic carbocycles. The largest absolute Gasteiger partial charge is 0.494 e. The molecule has 0 aliphatic heterocycles. The molecule has 0 atom stereocenters. The summed E-state index contributed by atoms with van der Waals surface area (Å²) < 4.78 is 17.3. The first-order chi connectivity index (χ1) is 26.6. The van der Waals surface area contributed by atoms with E-state index in [-0.39, 0.29) is 5.91 Å². The molecule has 0 saturated carbocycles. The van der Waals surface area contributed by atoms with Gasteiger partial charge in [-0.05, 0) is 91.2 Å². The van der Waals surface area contributed by atoms with Crippen LogP contribution in [-0.4, -0.2) is 31.3 Å². The second-order valence-electron chi connectivity index (χ2n) is 14.5. The van der Waals surface area contributed by atoms with Gasteiger partial charge >= 0.3 is 5.97 Å². The zero-order valence-corrected chi connectivity index (χ0v) is 33.5. The van der Waals surface area contributed by atoms with Crippen molar-refractivity contribution in [1.29, 1.82) is 0 Å². The molecule has 0 radical (unpaired) electrons. The number of nitrogens with zero attached hydrogens (tertiary/aromatic N) is 1. The number of hydrazone groups is 1. The van der Waals surface area contributed by atoms with E-state index in [1.807, 2.05) is 24.3 Å². The maximum atomic E-state index is 12.7. The van der Waals surface area contributed by atoms with Gasteiger partial charge in [-0.15, -0.1) is 0 Å². The van der Waals surface area contributed by atoms with Crippen LogP contribution in [0.5, 0.6) is 17.2 Å². The molecule has 0 spiro atoms. The topological polar surface area (TPSA) is 86.2 Å². The summed E-state index contributed by atoms with van der Waals surface area (Å²) in [6.07, 6.45) is 30.2. The number of hydrogen-bond acceptors (Lipinski definition) is 6. The monoisotopic (exact) mass is 741 g/mol. The molecule has 54 heavy (non-hydrogen) atoms. The lowest BCUT2D eigenvalue weighted by atomic mass is 10.1. The number of amides is 1. The average molecular weight is 741 g/mol. The first kappa shape index (κ1) is 44.3. The Morgan fingerprint density at radius 3 is 1.28 bits per heavy atom. The first-order valence-corrected chi connectivity index (χ1v) is 21.2. The van der Waals surface area contributed by atoms with Gasteiger partial charge in [0.25, 0.3) is 5.91 Å². The molecule has 0 aromatic heterocycles. The van der Waals surface area contributed by atoms with Gasteiger partial charge in [-0.2, -0.15) is 5.10 Å². The van der Waals surface area contributed by atoms with Gasteiger partial charge in [0.05, 0.1) is 25.0 Å². The van der Waals surface area contributed by atoms with Crippen LogP contribution in [0, 0.1) is 0 Å². The van der Waals surface area contributed by atoms with Crippen molar-refractivity contribution in [3.05, 3.63) is 89.5 Å². The van der Waals surface area contributed by atoms with Gasteiger partial charge in [0.2, 0.25) is 0 Å². The summed E-state index contributed by atoms with van der Waals surface area (Å²) in [4.78, 5) is 25.3. The van der Waals surface area contributed by atoms with Crippen molar-refractivity contribution in [2.24, 2.45) is 5.10 Å². The highest BCUT2D eigenvalue weighted by Crippen LogP contribution is 2.18. The molecule has 1 amide bonds. The number of benzene rings is 3. The van der Waals surface area contributed by atoms with E-state index in [2.05, 4.69) is 24.4 Å². The average Bonchev–Trinajstić information content (AvgIpc) is 3.19. The zero-order valence-electron chi connectivity index (χ0n) is 33.5. The van der Waals surface area contributed by atoms with E-state index in [0.717, 1.165) is 29.9 Å². The second kappa shape index (κ2) is 29.3. The molecule has 3 aromatic rings. The fourth-order valence-corrected chi connectivity index (χ4v) is 6.32. The molecule has 296 valence electrons. The highest BCUT2D eigenvalue weighted by Gasteiger charge is 2.09. The molecular formula is C47H68N2O5. The lowest BCUT2D eigenvalue weighted by Gasteiger charge is -2.08. The Labute approximate surface area is 326 Å². The van der Waals surface area contributed by atoms with Gasteiger partial charge in [0.15, 0.2) is 0 Å². The van der Waals surface area contributed by atoms with Crippen LogP contribution in [0.4, 0.5) is 0 Å². The van der Waals surface area contributed by atoms with Crippen molar-refractivity contribution in [1.82, 2.24) is 5.43 Å². The molecule has 7 heteroatoms. The molecule has 0 unspecified atom stereocenters. The van der Waals surface area contributed by atoms with Gasteiger partial charge in [0, 0.05) is 5.56 Å². The lowest BCUT2D eigenvalue weighted by Crippen LogP contribution is -2.17. The number of nitrogens with one attached hydrogen (secondary N) is 1. The van der Waals surface area contributed by atoms with Crippen LogP contribution in [0.2, 0.25) is 0 Å². The molecular weight excluding hydrogens is 673 g/mol. The highest BCUT2D eigenvalue weighted by molar-refractivity contribution is 5.95. The van der Waals surface area contributed by atoms with Crippen LogP contribution in [0.1, 0.15) is 181 Å². The predicted molar refractivity (Wildman–Crippen MR) is 223 cm³/mol. The summed E-state index contributed by atoms with van der Waals surface area (Å²) in [5.41, 5.74) is 4.27. The minimum Gasteiger partial charge on any atom is -0.494 e. The van der Waals surface area contributed by atoms with Gasteiger partial charge in [-0.3, -0.25) is 4.79 Å². The Kier molecular flexibility index (Phi) is 24.0.